The van der Waals surface area contributed by atoms with Gasteiger partial charge in [0.1, 0.15) is 5.78 Å². The fourth-order valence-electron chi connectivity index (χ4n) is 3.69. The van der Waals surface area contributed by atoms with Crippen LogP contribution in [0.5, 0.6) is 0 Å². The first-order chi connectivity index (χ1) is 15.0. The molecule has 6 nitrogen and oxygen atoms in total. The largest absolute Gasteiger partial charge is 0.378 e. The molecule has 1 aromatic heterocycles. The van der Waals surface area contributed by atoms with Crippen LogP contribution in [0.3, 0.4) is 0 Å². The fraction of sp³-hybridized carbons (Fsp3) is 0.542. The zero-order valence-corrected chi connectivity index (χ0v) is 19.3. The monoisotopic (exact) mass is 444 g/mol. The fourth-order valence-corrected chi connectivity index (χ4v) is 3.88. The summed E-state index contributed by atoms with van der Waals surface area (Å²) in [4.78, 5) is 23.0. The molecule has 1 aliphatic rings. The van der Waals surface area contributed by atoms with Gasteiger partial charge in [-0.3, -0.25) is 4.79 Å². The molecule has 0 aliphatic carbocycles. The maximum absolute atomic E-state index is 12.0. The lowest BCUT2D eigenvalue weighted by Gasteiger charge is -2.11. The Morgan fingerprint density at radius 2 is 2.03 bits per heavy atom. The van der Waals surface area contributed by atoms with E-state index in [9.17, 15) is 4.79 Å². The minimum Gasteiger partial charge on any atom is -0.378 e. The van der Waals surface area contributed by atoms with Crippen molar-refractivity contribution < 1.29 is 9.53 Å². The average molecular weight is 445 g/mol. The number of nitrogens with one attached hydrogen (secondary N) is 1. The molecular formula is C24H33ClN4O2. The maximum Gasteiger partial charge on any atom is 0.227 e. The summed E-state index contributed by atoms with van der Waals surface area (Å²) >= 11 is 6.29. The lowest BCUT2D eigenvalue weighted by molar-refractivity contribution is -0.119. The first-order valence-electron chi connectivity index (χ1n) is 11.1. The van der Waals surface area contributed by atoms with E-state index in [0.717, 1.165) is 68.6 Å². The number of aromatic nitrogens is 2. The van der Waals surface area contributed by atoms with Crippen molar-refractivity contribution in [2.75, 3.05) is 32.6 Å². The smallest absolute Gasteiger partial charge is 0.227 e. The van der Waals surface area contributed by atoms with Crippen molar-refractivity contribution in [3.8, 4) is 0 Å². The number of aryl methyl sites for hydroxylation is 2. The molecule has 0 saturated carbocycles. The molecule has 0 radical (unpaired) electrons. The van der Waals surface area contributed by atoms with E-state index >= 15 is 0 Å². The SMILES string of the molecule is CN(C)CCCC(=O)CCc1ccc(Nc2ncc(Cl)c(CCC3CCCO3)n2)cc1. The van der Waals surface area contributed by atoms with Gasteiger partial charge in [-0.05, 0) is 76.9 Å². The Bertz CT molecular complexity index is 836. The third-order valence-electron chi connectivity index (χ3n) is 5.51. The van der Waals surface area contributed by atoms with Gasteiger partial charge in [0.2, 0.25) is 5.95 Å². The molecule has 1 fully saturated rings. The highest BCUT2D eigenvalue weighted by atomic mass is 35.5. The minimum absolute atomic E-state index is 0.315. The summed E-state index contributed by atoms with van der Waals surface area (Å²) in [7, 11) is 4.06. The molecule has 1 atom stereocenters. The second-order valence-electron chi connectivity index (χ2n) is 8.43. The molecule has 2 aromatic rings. The Morgan fingerprint density at radius 1 is 1.23 bits per heavy atom. The highest BCUT2D eigenvalue weighted by Gasteiger charge is 2.16. The van der Waals surface area contributed by atoms with E-state index in [1.54, 1.807) is 6.20 Å². The summed E-state index contributed by atoms with van der Waals surface area (Å²) in [5.74, 6) is 0.865. The van der Waals surface area contributed by atoms with Crippen LogP contribution in [0.25, 0.3) is 0 Å². The Morgan fingerprint density at radius 3 is 2.74 bits per heavy atom. The van der Waals surface area contributed by atoms with Crippen molar-refractivity contribution in [2.24, 2.45) is 0 Å². The van der Waals surface area contributed by atoms with Crippen LogP contribution in [0.4, 0.5) is 11.6 Å². The Labute approximate surface area is 190 Å². The Balaban J connectivity index is 1.47. The average Bonchev–Trinajstić information content (AvgIpc) is 3.27. The predicted octanol–water partition coefficient (Wildman–Crippen LogP) is 4.83. The Kier molecular flexibility index (Phi) is 9.25. The molecular weight excluding hydrogens is 412 g/mol. The molecule has 0 amide bonds. The zero-order chi connectivity index (χ0) is 22.1. The molecule has 7 heteroatoms. The second-order valence-corrected chi connectivity index (χ2v) is 8.84. The zero-order valence-electron chi connectivity index (χ0n) is 18.6. The van der Waals surface area contributed by atoms with Crippen LogP contribution in [-0.4, -0.2) is 54.0 Å². The lowest BCUT2D eigenvalue weighted by Crippen LogP contribution is -2.14. The van der Waals surface area contributed by atoms with Crippen LogP contribution in [0.2, 0.25) is 5.02 Å². The second kappa shape index (κ2) is 12.1. The third-order valence-corrected chi connectivity index (χ3v) is 5.82. The van der Waals surface area contributed by atoms with Crippen LogP contribution >= 0.6 is 11.6 Å². The van der Waals surface area contributed by atoms with Gasteiger partial charge in [0, 0.05) is 25.1 Å². The number of nitrogens with zero attached hydrogens (tertiary/aromatic N) is 3. The van der Waals surface area contributed by atoms with Gasteiger partial charge in [0.15, 0.2) is 0 Å². The molecule has 3 rings (SSSR count). The summed E-state index contributed by atoms with van der Waals surface area (Å²) in [5.41, 5.74) is 2.91. The molecule has 1 aliphatic heterocycles. The van der Waals surface area contributed by atoms with Gasteiger partial charge in [0.05, 0.1) is 23.0 Å². The van der Waals surface area contributed by atoms with Crippen molar-refractivity contribution in [1.82, 2.24) is 14.9 Å². The predicted molar refractivity (Wildman–Crippen MR) is 125 cm³/mol. The van der Waals surface area contributed by atoms with E-state index in [1.807, 2.05) is 38.4 Å². The van der Waals surface area contributed by atoms with Gasteiger partial charge in [-0.25, -0.2) is 9.97 Å². The highest BCUT2D eigenvalue weighted by molar-refractivity contribution is 6.31. The molecule has 1 unspecified atom stereocenters. The van der Waals surface area contributed by atoms with Crippen LogP contribution in [0.1, 0.15) is 49.8 Å². The van der Waals surface area contributed by atoms with Crippen molar-refractivity contribution in [1.29, 1.82) is 0 Å². The molecule has 31 heavy (non-hydrogen) atoms. The minimum atomic E-state index is 0.315. The number of carbonyl (C=O) groups excluding carboxylic acids is 1. The number of benzene rings is 1. The van der Waals surface area contributed by atoms with E-state index < -0.39 is 0 Å². The molecule has 168 valence electrons. The molecule has 1 saturated heterocycles. The molecule has 0 spiro atoms. The summed E-state index contributed by atoms with van der Waals surface area (Å²) in [5, 5.41) is 3.84. The van der Waals surface area contributed by atoms with Gasteiger partial charge in [-0.1, -0.05) is 23.7 Å². The van der Waals surface area contributed by atoms with E-state index in [1.165, 1.54) is 0 Å². The van der Waals surface area contributed by atoms with Gasteiger partial charge in [-0.15, -0.1) is 0 Å². The van der Waals surface area contributed by atoms with Crippen molar-refractivity contribution in [2.45, 2.75) is 57.5 Å². The van der Waals surface area contributed by atoms with Gasteiger partial charge < -0.3 is 15.0 Å². The quantitative estimate of drug-likeness (QED) is 0.505. The van der Waals surface area contributed by atoms with E-state index in [-0.39, 0.29) is 0 Å². The standard InChI is InChI=1S/C24H33ClN4O2/c1-29(2)15-3-5-20(30)12-9-18-7-10-19(11-8-18)27-24-26-17-22(25)23(28-24)14-13-21-6-4-16-31-21/h7-8,10-11,17,21H,3-6,9,12-16H2,1-2H3,(H,26,27,28). The third kappa shape index (κ3) is 8.20. The number of ketones is 1. The number of anilines is 2. The molecule has 2 heterocycles. The molecule has 1 aromatic carbocycles. The summed E-state index contributed by atoms with van der Waals surface area (Å²) in [6, 6.07) is 8.08. The van der Waals surface area contributed by atoms with Crippen molar-refractivity contribution in [3.63, 3.8) is 0 Å². The number of hydrogen-bond acceptors (Lipinski definition) is 6. The number of Topliss-reactive ketones (excluding diaryl/α,β-unsaturated/α-hetero) is 1. The first-order valence-corrected chi connectivity index (χ1v) is 11.5. The topological polar surface area (TPSA) is 67.4 Å². The molecule has 1 N–H and O–H groups in total. The van der Waals surface area contributed by atoms with Crippen molar-refractivity contribution in [3.05, 3.63) is 46.7 Å². The van der Waals surface area contributed by atoms with Crippen LogP contribution in [0.15, 0.2) is 30.5 Å². The van der Waals surface area contributed by atoms with E-state index in [4.69, 9.17) is 16.3 Å². The van der Waals surface area contributed by atoms with E-state index in [2.05, 4.69) is 20.2 Å². The van der Waals surface area contributed by atoms with Gasteiger partial charge in [0.25, 0.3) is 0 Å². The number of rotatable bonds is 12. The van der Waals surface area contributed by atoms with Crippen LogP contribution < -0.4 is 5.32 Å². The van der Waals surface area contributed by atoms with Crippen LogP contribution in [0, 0.1) is 0 Å². The first kappa shape index (κ1) is 23.6. The summed E-state index contributed by atoms with van der Waals surface area (Å²) < 4.78 is 5.69. The normalized spacial score (nSPS) is 16.1. The Hall–Kier alpha value is -2.02. The highest BCUT2D eigenvalue weighted by Crippen LogP contribution is 2.22. The maximum atomic E-state index is 12.0. The van der Waals surface area contributed by atoms with Gasteiger partial charge >= 0.3 is 0 Å². The lowest BCUT2D eigenvalue weighted by atomic mass is 10.0. The number of hydrogen-bond donors (Lipinski definition) is 1. The van der Waals surface area contributed by atoms with E-state index in [0.29, 0.717) is 35.7 Å². The molecule has 0 bridgehead atoms. The number of ether oxygens (including phenoxy) is 1. The number of carbonyl (C=O) groups is 1. The van der Waals surface area contributed by atoms with Crippen molar-refractivity contribution >= 4 is 29.0 Å². The number of halogens is 1. The summed E-state index contributed by atoms with van der Waals surface area (Å²) in [6.45, 7) is 1.81. The van der Waals surface area contributed by atoms with Crippen LogP contribution in [-0.2, 0) is 22.4 Å². The van der Waals surface area contributed by atoms with Gasteiger partial charge in [-0.2, -0.15) is 0 Å². The summed E-state index contributed by atoms with van der Waals surface area (Å²) in [6.07, 6.45) is 8.86.